The highest BCUT2D eigenvalue weighted by Crippen LogP contribution is 2.08. The van der Waals surface area contributed by atoms with E-state index in [2.05, 4.69) is 9.79 Å². The standard InChI is InChI=1S/C8H5ClN2O2/c9-6-1-3-7(4-2-6)11-5-8(12)13-10-11/h1-5H/p+1. The molecule has 66 valence electrons. The summed E-state index contributed by atoms with van der Waals surface area (Å²) >= 11 is 5.70. The molecule has 0 saturated carbocycles. The van der Waals surface area contributed by atoms with Crippen LogP contribution in [-0.2, 0) is 0 Å². The molecule has 1 aromatic heterocycles. The number of hydrogen-bond donors (Lipinski definition) is 1. The van der Waals surface area contributed by atoms with Gasteiger partial charge in [-0.25, -0.2) is 4.79 Å². The second-order valence-corrected chi connectivity index (χ2v) is 2.92. The SMILES string of the molecule is O=c1c[n+](-c2ccc(Cl)cc2)[nH]o1. The summed E-state index contributed by atoms with van der Waals surface area (Å²) in [5, 5.41) is 3.08. The zero-order chi connectivity index (χ0) is 9.26. The second-order valence-electron chi connectivity index (χ2n) is 2.49. The normalized spacial score (nSPS) is 10.2. The molecule has 1 heterocycles. The molecular weight excluding hydrogens is 192 g/mol. The Morgan fingerprint density at radius 1 is 1.31 bits per heavy atom. The van der Waals surface area contributed by atoms with E-state index in [9.17, 15) is 4.79 Å². The Morgan fingerprint density at radius 2 is 2.00 bits per heavy atom. The first-order valence-electron chi connectivity index (χ1n) is 3.62. The Kier molecular flexibility index (Phi) is 1.90. The number of aromatic nitrogens is 2. The number of benzene rings is 1. The molecule has 0 amide bonds. The highest BCUT2D eigenvalue weighted by atomic mass is 35.5. The van der Waals surface area contributed by atoms with Crippen molar-refractivity contribution in [2.75, 3.05) is 0 Å². The van der Waals surface area contributed by atoms with Gasteiger partial charge in [-0.3, -0.25) is 4.52 Å². The van der Waals surface area contributed by atoms with E-state index in [0.717, 1.165) is 5.69 Å². The summed E-state index contributed by atoms with van der Waals surface area (Å²) < 4.78 is 5.97. The number of nitrogens with zero attached hydrogens (tertiary/aromatic N) is 1. The van der Waals surface area contributed by atoms with Gasteiger partial charge < -0.3 is 0 Å². The van der Waals surface area contributed by atoms with Crippen molar-refractivity contribution >= 4 is 11.6 Å². The maximum absolute atomic E-state index is 10.7. The van der Waals surface area contributed by atoms with Crippen LogP contribution in [0.15, 0.2) is 39.8 Å². The van der Waals surface area contributed by atoms with Gasteiger partial charge in [0, 0.05) is 17.2 Å². The Morgan fingerprint density at radius 3 is 2.54 bits per heavy atom. The summed E-state index contributed by atoms with van der Waals surface area (Å²) in [5.41, 5.74) is 0.366. The lowest BCUT2D eigenvalue weighted by Crippen LogP contribution is -2.31. The molecule has 0 radical (unpaired) electrons. The summed E-state index contributed by atoms with van der Waals surface area (Å²) in [6.45, 7) is 0. The van der Waals surface area contributed by atoms with Gasteiger partial charge in [-0.05, 0) is 22.1 Å². The molecule has 5 heteroatoms. The van der Waals surface area contributed by atoms with Gasteiger partial charge in [-0.2, -0.15) is 0 Å². The third-order valence-electron chi connectivity index (χ3n) is 1.58. The van der Waals surface area contributed by atoms with Gasteiger partial charge in [-0.1, -0.05) is 11.6 Å². The van der Waals surface area contributed by atoms with Gasteiger partial charge in [0.15, 0.2) is 0 Å². The quantitative estimate of drug-likeness (QED) is 0.691. The predicted molar refractivity (Wildman–Crippen MR) is 45.9 cm³/mol. The van der Waals surface area contributed by atoms with Crippen LogP contribution >= 0.6 is 11.6 Å². The largest absolute Gasteiger partial charge is 0.427 e. The Labute approximate surface area is 78.3 Å². The molecule has 1 aromatic carbocycles. The van der Waals surface area contributed by atoms with Crippen LogP contribution in [0.3, 0.4) is 0 Å². The van der Waals surface area contributed by atoms with Crippen LogP contribution in [-0.4, -0.2) is 5.27 Å². The van der Waals surface area contributed by atoms with E-state index in [1.807, 2.05) is 0 Å². The molecule has 2 rings (SSSR count). The number of hydrogen-bond acceptors (Lipinski definition) is 2. The average molecular weight is 198 g/mol. The Balaban J connectivity index is 2.47. The lowest BCUT2D eigenvalue weighted by atomic mass is 10.3. The minimum Gasteiger partial charge on any atom is -0.283 e. The van der Waals surface area contributed by atoms with Crippen molar-refractivity contribution in [3.05, 3.63) is 45.9 Å². The number of rotatable bonds is 1. The third-order valence-corrected chi connectivity index (χ3v) is 1.84. The molecule has 0 aliphatic carbocycles. The van der Waals surface area contributed by atoms with Gasteiger partial charge in [0.1, 0.15) is 0 Å². The van der Waals surface area contributed by atoms with Crippen molar-refractivity contribution < 1.29 is 9.20 Å². The molecule has 13 heavy (non-hydrogen) atoms. The number of aromatic amines is 1. The summed E-state index contributed by atoms with van der Waals surface area (Å²) in [4.78, 5) is 10.7. The van der Waals surface area contributed by atoms with Gasteiger partial charge in [0.25, 0.3) is 6.20 Å². The molecule has 0 atom stereocenters. The molecule has 0 aliphatic rings. The average Bonchev–Trinajstić information content (AvgIpc) is 2.53. The van der Waals surface area contributed by atoms with Crippen LogP contribution in [0.5, 0.6) is 0 Å². The fourth-order valence-electron chi connectivity index (χ4n) is 0.981. The van der Waals surface area contributed by atoms with Crippen LogP contribution in [0.1, 0.15) is 0 Å². The first-order chi connectivity index (χ1) is 6.25. The van der Waals surface area contributed by atoms with Crippen molar-refractivity contribution in [1.29, 1.82) is 0 Å². The lowest BCUT2D eigenvalue weighted by molar-refractivity contribution is -0.670. The smallest absolute Gasteiger partial charge is 0.283 e. The fourth-order valence-corrected chi connectivity index (χ4v) is 1.11. The predicted octanol–water partition coefficient (Wildman–Crippen LogP) is 0.898. The lowest BCUT2D eigenvalue weighted by Gasteiger charge is -1.88. The highest BCUT2D eigenvalue weighted by Gasteiger charge is 2.08. The first kappa shape index (κ1) is 8.07. The maximum atomic E-state index is 10.7. The van der Waals surface area contributed by atoms with E-state index in [1.54, 1.807) is 24.3 Å². The third kappa shape index (κ3) is 1.62. The maximum Gasteiger partial charge on any atom is 0.427 e. The van der Waals surface area contributed by atoms with Crippen LogP contribution in [0.4, 0.5) is 0 Å². The van der Waals surface area contributed by atoms with E-state index in [0.29, 0.717) is 5.02 Å². The summed E-state index contributed by atoms with van der Waals surface area (Å²) in [6, 6.07) is 7.01. The van der Waals surface area contributed by atoms with Crippen LogP contribution in [0.25, 0.3) is 5.69 Å². The van der Waals surface area contributed by atoms with Crippen molar-refractivity contribution in [3.8, 4) is 5.69 Å². The molecule has 0 unspecified atom stereocenters. The van der Waals surface area contributed by atoms with E-state index >= 15 is 0 Å². The molecule has 0 saturated heterocycles. The van der Waals surface area contributed by atoms with Gasteiger partial charge in [-0.15, -0.1) is 0 Å². The van der Waals surface area contributed by atoms with E-state index < -0.39 is 5.63 Å². The number of halogens is 1. The summed E-state index contributed by atoms with van der Waals surface area (Å²) in [6.07, 6.45) is 1.31. The zero-order valence-corrected chi connectivity index (χ0v) is 7.28. The molecule has 2 aromatic rings. The molecule has 0 fully saturated rings. The molecule has 0 bridgehead atoms. The molecule has 0 spiro atoms. The molecule has 0 aliphatic heterocycles. The van der Waals surface area contributed by atoms with E-state index in [4.69, 9.17) is 11.6 Å². The molecule has 1 N–H and O–H groups in total. The first-order valence-corrected chi connectivity index (χ1v) is 3.99. The van der Waals surface area contributed by atoms with Crippen LogP contribution in [0, 0.1) is 0 Å². The van der Waals surface area contributed by atoms with Crippen molar-refractivity contribution in [3.63, 3.8) is 0 Å². The van der Waals surface area contributed by atoms with Crippen molar-refractivity contribution in [2.45, 2.75) is 0 Å². The number of nitrogens with one attached hydrogen (secondary N) is 1. The van der Waals surface area contributed by atoms with E-state index in [1.165, 1.54) is 10.9 Å². The summed E-state index contributed by atoms with van der Waals surface area (Å²) in [7, 11) is 0. The Bertz CT molecular complexity index is 457. The van der Waals surface area contributed by atoms with Gasteiger partial charge >= 0.3 is 5.63 Å². The van der Waals surface area contributed by atoms with Gasteiger partial charge in [0.2, 0.25) is 5.69 Å². The van der Waals surface area contributed by atoms with E-state index in [-0.39, 0.29) is 0 Å². The minimum atomic E-state index is -0.421. The zero-order valence-electron chi connectivity index (χ0n) is 6.53. The molecular formula is C8H6ClN2O2+. The summed E-state index contributed by atoms with van der Waals surface area (Å²) in [5.74, 6) is 0. The topological polar surface area (TPSA) is 49.9 Å². The fraction of sp³-hybridized carbons (Fsp3) is 0. The minimum absolute atomic E-state index is 0.421. The number of H-pyrrole nitrogens is 1. The molecule has 4 nitrogen and oxygen atoms in total. The monoisotopic (exact) mass is 197 g/mol. The Hall–Kier alpha value is -1.55. The van der Waals surface area contributed by atoms with Crippen molar-refractivity contribution in [1.82, 2.24) is 5.27 Å². The highest BCUT2D eigenvalue weighted by molar-refractivity contribution is 6.30. The van der Waals surface area contributed by atoms with Crippen LogP contribution < -0.4 is 10.3 Å². The van der Waals surface area contributed by atoms with Gasteiger partial charge in [0.05, 0.1) is 0 Å². The van der Waals surface area contributed by atoms with Crippen LogP contribution in [0.2, 0.25) is 5.02 Å². The second kappa shape index (κ2) is 3.06. The van der Waals surface area contributed by atoms with Crippen molar-refractivity contribution in [2.24, 2.45) is 0 Å².